The van der Waals surface area contributed by atoms with Crippen LogP contribution >= 0.6 is 0 Å². The van der Waals surface area contributed by atoms with Crippen LogP contribution in [0.1, 0.15) is 22.4 Å². The van der Waals surface area contributed by atoms with Crippen LogP contribution in [-0.4, -0.2) is 41.0 Å². The smallest absolute Gasteiger partial charge is 0.329 e. The first-order valence-corrected chi connectivity index (χ1v) is 9.91. The van der Waals surface area contributed by atoms with Crippen LogP contribution < -0.4 is 5.32 Å². The number of imide groups is 1. The monoisotopic (exact) mass is 428 g/mol. The van der Waals surface area contributed by atoms with Crippen molar-refractivity contribution in [3.63, 3.8) is 0 Å². The van der Waals surface area contributed by atoms with Gasteiger partial charge in [0.05, 0.1) is 18.7 Å². The normalized spacial score (nSPS) is 14.7. The van der Waals surface area contributed by atoms with Crippen molar-refractivity contribution < 1.29 is 19.1 Å². The molecule has 1 aromatic heterocycles. The van der Waals surface area contributed by atoms with Gasteiger partial charge in [-0.1, -0.05) is 36.4 Å². The van der Waals surface area contributed by atoms with Gasteiger partial charge in [-0.3, -0.25) is 9.59 Å². The molecule has 3 aromatic rings. The van der Waals surface area contributed by atoms with Gasteiger partial charge >= 0.3 is 12.0 Å². The van der Waals surface area contributed by atoms with E-state index in [-0.39, 0.29) is 5.70 Å². The Kier molecular flexibility index (Phi) is 5.48. The Hall–Kier alpha value is -4.38. The maximum absolute atomic E-state index is 12.7. The Labute approximate surface area is 184 Å². The van der Waals surface area contributed by atoms with Gasteiger partial charge in [0.15, 0.2) is 0 Å². The molecule has 3 amide bonds. The topological polar surface area (TPSA) is 104 Å². The fraction of sp³-hybridized carbons (Fsp3) is 0.167. The van der Waals surface area contributed by atoms with Crippen molar-refractivity contribution in [3.05, 3.63) is 76.6 Å². The van der Waals surface area contributed by atoms with E-state index in [1.807, 2.05) is 49.4 Å². The van der Waals surface area contributed by atoms with Gasteiger partial charge in [-0.15, -0.1) is 0 Å². The van der Waals surface area contributed by atoms with Crippen LogP contribution in [0.15, 0.2) is 54.2 Å². The molecule has 160 valence electrons. The Bertz CT molecular complexity index is 1330. The number of urea groups is 1. The summed E-state index contributed by atoms with van der Waals surface area (Å²) < 4.78 is 6.63. The summed E-state index contributed by atoms with van der Waals surface area (Å²) in [5.41, 5.74) is 4.16. The molecule has 0 bridgehead atoms. The average Bonchev–Trinajstić information content (AvgIpc) is 3.22. The Morgan fingerprint density at radius 2 is 1.88 bits per heavy atom. The number of aromatic nitrogens is 1. The zero-order valence-electron chi connectivity index (χ0n) is 17.6. The molecule has 8 nitrogen and oxygen atoms in total. The summed E-state index contributed by atoms with van der Waals surface area (Å²) >= 11 is 0. The van der Waals surface area contributed by atoms with Gasteiger partial charge in [0, 0.05) is 28.7 Å². The molecule has 2 aromatic carbocycles. The number of hydrogen-bond acceptors (Lipinski definition) is 5. The van der Waals surface area contributed by atoms with Crippen molar-refractivity contribution in [2.45, 2.75) is 13.5 Å². The summed E-state index contributed by atoms with van der Waals surface area (Å²) in [4.78, 5) is 37.3. The largest absolute Gasteiger partial charge is 0.468 e. The summed E-state index contributed by atoms with van der Waals surface area (Å²) in [5.74, 6) is -1.27. The lowest BCUT2D eigenvalue weighted by Crippen LogP contribution is -2.36. The van der Waals surface area contributed by atoms with Crippen LogP contribution in [0, 0.1) is 18.3 Å². The van der Waals surface area contributed by atoms with E-state index in [0.29, 0.717) is 12.1 Å². The second-order valence-corrected chi connectivity index (χ2v) is 7.33. The molecule has 0 atom stereocenters. The molecule has 0 radical (unpaired) electrons. The number of hydrogen-bond donors (Lipinski definition) is 1. The summed E-state index contributed by atoms with van der Waals surface area (Å²) in [6.45, 7) is 1.95. The van der Waals surface area contributed by atoms with E-state index in [9.17, 15) is 19.6 Å². The molecule has 4 rings (SSSR count). The number of carbonyl (C=O) groups is 3. The SMILES string of the molecule is COC(=O)CN1C(=O)N/C(=C/c2c(C)n(Cc3ccccc3C#N)c3ccccc23)C1=O. The third-order valence-corrected chi connectivity index (χ3v) is 5.51. The summed E-state index contributed by atoms with van der Waals surface area (Å²) in [5, 5.41) is 12.9. The molecule has 1 aliphatic heterocycles. The predicted molar refractivity (Wildman–Crippen MR) is 117 cm³/mol. The highest BCUT2D eigenvalue weighted by molar-refractivity contribution is 6.15. The molecule has 0 unspecified atom stereocenters. The Morgan fingerprint density at radius 1 is 1.16 bits per heavy atom. The third kappa shape index (κ3) is 3.61. The molecule has 1 aliphatic rings. The second-order valence-electron chi connectivity index (χ2n) is 7.33. The van der Waals surface area contributed by atoms with Crippen LogP contribution in [0.2, 0.25) is 0 Å². The number of nitrogens with zero attached hydrogens (tertiary/aromatic N) is 3. The number of carbonyl (C=O) groups excluding carboxylic acids is 3. The number of fused-ring (bicyclic) bond motifs is 1. The molecule has 1 saturated heterocycles. The number of para-hydroxylation sites is 1. The number of methoxy groups -OCH3 is 1. The molecule has 0 spiro atoms. The fourth-order valence-corrected chi connectivity index (χ4v) is 3.83. The standard InChI is InChI=1S/C24H20N4O4/c1-15-19(11-20-23(30)28(24(31)26-20)14-22(29)32-2)18-9-5-6-10-21(18)27(15)13-17-8-4-3-7-16(17)12-25/h3-11H,13-14H2,1-2H3,(H,26,31)/b20-11+. The minimum absolute atomic E-state index is 0.0855. The number of rotatable bonds is 5. The van der Waals surface area contributed by atoms with E-state index >= 15 is 0 Å². The van der Waals surface area contributed by atoms with Crippen molar-refractivity contribution in [1.82, 2.24) is 14.8 Å². The Morgan fingerprint density at radius 3 is 2.62 bits per heavy atom. The van der Waals surface area contributed by atoms with Crippen molar-refractivity contribution in [2.75, 3.05) is 13.7 Å². The van der Waals surface area contributed by atoms with Crippen LogP contribution in [-0.2, 0) is 20.9 Å². The highest BCUT2D eigenvalue weighted by Crippen LogP contribution is 2.30. The van der Waals surface area contributed by atoms with E-state index in [1.165, 1.54) is 7.11 Å². The number of esters is 1. The first-order valence-electron chi connectivity index (χ1n) is 9.91. The number of nitrogens with one attached hydrogen (secondary N) is 1. The molecule has 1 N–H and O–H groups in total. The number of nitriles is 1. The van der Waals surface area contributed by atoms with Gasteiger partial charge in [0.2, 0.25) is 0 Å². The quantitative estimate of drug-likeness (QED) is 0.382. The second kappa shape index (κ2) is 8.40. The highest BCUT2D eigenvalue weighted by atomic mass is 16.5. The van der Waals surface area contributed by atoms with Gasteiger partial charge in [0.1, 0.15) is 12.2 Å². The minimum atomic E-state index is -0.682. The van der Waals surface area contributed by atoms with Crippen LogP contribution in [0.4, 0.5) is 4.79 Å². The molecule has 32 heavy (non-hydrogen) atoms. The van der Waals surface area contributed by atoms with Gasteiger partial charge < -0.3 is 14.6 Å². The lowest BCUT2D eigenvalue weighted by Gasteiger charge is -2.10. The van der Waals surface area contributed by atoms with Crippen LogP contribution in [0.3, 0.4) is 0 Å². The summed E-state index contributed by atoms with van der Waals surface area (Å²) in [6.07, 6.45) is 1.63. The molecule has 0 saturated carbocycles. The van der Waals surface area contributed by atoms with E-state index in [4.69, 9.17) is 0 Å². The Balaban J connectivity index is 1.77. The highest BCUT2D eigenvalue weighted by Gasteiger charge is 2.35. The van der Waals surface area contributed by atoms with Crippen molar-refractivity contribution >= 4 is 34.9 Å². The van der Waals surface area contributed by atoms with Crippen molar-refractivity contribution in [3.8, 4) is 6.07 Å². The summed E-state index contributed by atoms with van der Waals surface area (Å²) in [7, 11) is 1.19. The average molecular weight is 428 g/mol. The predicted octanol–water partition coefficient (Wildman–Crippen LogP) is 2.94. The maximum Gasteiger partial charge on any atom is 0.329 e. The maximum atomic E-state index is 12.7. The zero-order chi connectivity index (χ0) is 22.8. The van der Waals surface area contributed by atoms with E-state index in [1.54, 1.807) is 12.1 Å². The third-order valence-electron chi connectivity index (χ3n) is 5.51. The fourth-order valence-electron chi connectivity index (χ4n) is 3.83. The van der Waals surface area contributed by atoms with Crippen molar-refractivity contribution in [1.29, 1.82) is 5.26 Å². The first kappa shape index (κ1) is 20.9. The minimum Gasteiger partial charge on any atom is -0.468 e. The lowest BCUT2D eigenvalue weighted by atomic mass is 10.1. The van der Waals surface area contributed by atoms with Gasteiger partial charge in [0.25, 0.3) is 5.91 Å². The van der Waals surface area contributed by atoms with Crippen LogP contribution in [0.25, 0.3) is 17.0 Å². The van der Waals surface area contributed by atoms with E-state index in [0.717, 1.165) is 32.6 Å². The number of benzene rings is 2. The molecule has 0 aliphatic carbocycles. The summed E-state index contributed by atoms with van der Waals surface area (Å²) in [6, 6.07) is 16.7. The molecular weight excluding hydrogens is 408 g/mol. The molecule has 1 fully saturated rings. The van der Waals surface area contributed by atoms with Crippen LogP contribution in [0.5, 0.6) is 0 Å². The number of ether oxygens (including phenoxy) is 1. The van der Waals surface area contributed by atoms with Crippen molar-refractivity contribution in [2.24, 2.45) is 0 Å². The molecular formula is C24H20N4O4. The number of amides is 3. The first-order chi connectivity index (χ1) is 15.4. The van der Waals surface area contributed by atoms with E-state index in [2.05, 4.69) is 20.7 Å². The molecule has 2 heterocycles. The van der Waals surface area contributed by atoms with E-state index < -0.39 is 24.5 Å². The molecule has 8 heteroatoms. The van der Waals surface area contributed by atoms with Gasteiger partial charge in [-0.25, -0.2) is 9.69 Å². The zero-order valence-corrected chi connectivity index (χ0v) is 17.6. The lowest BCUT2D eigenvalue weighted by molar-refractivity contribution is -0.143. The van der Waals surface area contributed by atoms with Gasteiger partial charge in [-0.05, 0) is 30.7 Å². The van der Waals surface area contributed by atoms with Gasteiger partial charge in [-0.2, -0.15) is 5.26 Å².